The molecule has 148 heavy (non-hydrogen) atoms. The third-order valence-electron chi connectivity index (χ3n) is 31.9. The van der Waals surface area contributed by atoms with Crippen LogP contribution in [0.4, 0.5) is 0 Å². The standard InChI is InChI=1S/C78H53N3.C64H41N3/c1-77(2)66-41-52(31-34-57(66)63-37-48-23-11-13-25-50(48)39-68(63)77)75-65-43-54(33-36-70(65)79-76(80-75)53-32-35-58-64-38-49-24-12-14-26-51(49)40-69(64)78(3,4)67(58)42-53)81-71-44-61(46-19-7-5-8-20-46)55-27-15-17-29-59(55)73(71)74-60-30-18-16-28-56(60)62(45-72(74)81)47-21-9-6-10-22-47;1-5-18-42(19-6-1)44-32-36-48(37-33-44)62-63(49-38-34-45(35-39-49)43-20-7-2-8-21-43)66-64-56(65-62)30-17-31-57(64)67-58-40-54(46-22-9-3-10-23-46)50-26-13-15-28-52(50)60(58)61-53-29-16-14-27-51(53)55(41-59(61)67)47-24-11-4-12-25-47/h5-45H,1-4H3;1-41H. The van der Waals surface area contributed by atoms with E-state index in [2.05, 4.69) is 534 Å². The molecule has 0 spiro atoms. The molecule has 2 aliphatic carbocycles. The van der Waals surface area contributed by atoms with Crippen molar-refractivity contribution in [3.8, 4) is 146 Å². The smallest absolute Gasteiger partial charge is 0.160 e. The SMILES string of the molecule is CC1(C)c2cc(-c3nc(-c4ccc5c(c4)C(C)(C)c4cc6ccccc6cc4-5)c4cc(-n5c6cc(-c7ccccc7)c7ccccc7c6c6c7ccccc7c(-c7ccccc7)cc65)ccc4n3)ccc2-c2cc3ccccc3cc21.c1ccc(-c2ccc(-c3nc4cccc(-n5c6cc(-c7ccccc7)c7ccccc7c6c6c7ccccc7c(-c7ccccc7)cc65)c4nc3-c3ccc(-c4ccccc4)cc3)cc2)cc1. The van der Waals surface area contributed by atoms with Gasteiger partial charge in [-0.3, -0.25) is 0 Å². The molecule has 0 saturated heterocycles. The van der Waals surface area contributed by atoms with Gasteiger partial charge < -0.3 is 9.13 Å². The summed E-state index contributed by atoms with van der Waals surface area (Å²) >= 11 is 0. The Balaban J connectivity index is 0.000000142. The maximum absolute atomic E-state index is 5.79. The van der Waals surface area contributed by atoms with E-state index in [4.69, 9.17) is 19.9 Å². The van der Waals surface area contributed by atoms with E-state index in [9.17, 15) is 0 Å². The van der Waals surface area contributed by atoms with Crippen LogP contribution >= 0.6 is 0 Å². The van der Waals surface area contributed by atoms with E-state index < -0.39 is 0 Å². The Hall–Kier alpha value is -18.9. The number of hydrogen-bond acceptors (Lipinski definition) is 4. The topological polar surface area (TPSA) is 61.4 Å². The van der Waals surface area contributed by atoms with Crippen LogP contribution in [0.5, 0.6) is 0 Å². The molecule has 0 bridgehead atoms. The van der Waals surface area contributed by atoms with Gasteiger partial charge >= 0.3 is 0 Å². The molecule has 0 amide bonds. The fraction of sp³-hybridized carbons (Fsp3) is 0.0423. The number of nitrogens with zero attached hydrogens (tertiary/aromatic N) is 6. The molecule has 30 rings (SSSR count). The van der Waals surface area contributed by atoms with Crippen molar-refractivity contribution in [1.82, 2.24) is 29.1 Å². The Morgan fingerprint density at radius 1 is 0.176 bits per heavy atom. The monoisotopic (exact) mass is 1880 g/mol. The van der Waals surface area contributed by atoms with Crippen LogP contribution in [-0.2, 0) is 10.8 Å². The average Bonchev–Trinajstić information content (AvgIpc) is 1.57. The molecule has 4 heterocycles. The van der Waals surface area contributed by atoms with Gasteiger partial charge in [-0.25, -0.2) is 19.9 Å². The second-order valence-electron chi connectivity index (χ2n) is 40.9. The molecule has 0 fully saturated rings. The number of fused-ring (bicyclic) bond motifs is 24. The van der Waals surface area contributed by atoms with E-state index in [-0.39, 0.29) is 10.8 Å². The van der Waals surface area contributed by atoms with Crippen molar-refractivity contribution in [2.75, 3.05) is 0 Å². The van der Waals surface area contributed by atoms with Gasteiger partial charge in [-0.05, 0) is 267 Å². The van der Waals surface area contributed by atoms with Gasteiger partial charge in [0.25, 0.3) is 0 Å². The molecule has 6 nitrogen and oxygen atoms in total. The van der Waals surface area contributed by atoms with Crippen molar-refractivity contribution < 1.29 is 0 Å². The van der Waals surface area contributed by atoms with E-state index in [1.807, 2.05) is 0 Å². The Morgan fingerprint density at radius 3 is 0.899 bits per heavy atom. The lowest BCUT2D eigenvalue weighted by atomic mass is 9.81. The number of para-hydroxylation sites is 1. The number of rotatable bonds is 12. The molecular weight excluding hydrogens is 1790 g/mol. The van der Waals surface area contributed by atoms with Crippen LogP contribution in [0.1, 0.15) is 49.9 Å². The summed E-state index contributed by atoms with van der Waals surface area (Å²) in [7, 11) is 0. The molecule has 6 heteroatoms. The lowest BCUT2D eigenvalue weighted by Gasteiger charge is -2.23. The van der Waals surface area contributed by atoms with Crippen molar-refractivity contribution in [1.29, 1.82) is 0 Å². The number of hydrogen-bond donors (Lipinski definition) is 0. The van der Waals surface area contributed by atoms with Crippen LogP contribution < -0.4 is 0 Å². The van der Waals surface area contributed by atoms with Gasteiger partial charge in [0, 0.05) is 65.7 Å². The van der Waals surface area contributed by atoms with Crippen LogP contribution in [-0.4, -0.2) is 29.1 Å². The molecule has 0 saturated carbocycles. The van der Waals surface area contributed by atoms with E-state index in [0.29, 0.717) is 5.82 Å². The quantitative estimate of drug-likeness (QED) is 0.122. The third-order valence-corrected chi connectivity index (χ3v) is 31.9. The van der Waals surface area contributed by atoms with Gasteiger partial charge in [0.1, 0.15) is 5.52 Å². The molecule has 4 aromatic heterocycles. The Bertz CT molecular complexity index is 10100. The predicted molar refractivity (Wildman–Crippen MR) is 622 cm³/mol. The first kappa shape index (κ1) is 85.9. The number of aromatic nitrogens is 6. The summed E-state index contributed by atoms with van der Waals surface area (Å²) in [6.45, 7) is 9.50. The Kier molecular flexibility index (Phi) is 19.7. The van der Waals surface area contributed by atoms with Crippen LogP contribution in [0.15, 0.2) is 497 Å². The first-order valence-corrected chi connectivity index (χ1v) is 51.3. The average molecular weight is 1880 g/mol. The predicted octanol–water partition coefficient (Wildman–Crippen LogP) is 37.7. The summed E-state index contributed by atoms with van der Waals surface area (Å²) in [6, 6.07) is 182. The van der Waals surface area contributed by atoms with Crippen LogP contribution in [0.25, 0.3) is 276 Å². The van der Waals surface area contributed by atoms with Gasteiger partial charge in [0.15, 0.2) is 5.82 Å². The first-order valence-electron chi connectivity index (χ1n) is 51.3. The molecule has 24 aromatic carbocycles. The zero-order valence-corrected chi connectivity index (χ0v) is 82.0. The molecule has 2 aliphatic rings. The lowest BCUT2D eigenvalue weighted by Crippen LogP contribution is -2.15. The Labute approximate surface area is 856 Å². The van der Waals surface area contributed by atoms with E-state index in [1.165, 1.54) is 186 Å². The largest absolute Gasteiger partial charge is 0.309 e. The highest BCUT2D eigenvalue weighted by molar-refractivity contribution is 6.34. The maximum Gasteiger partial charge on any atom is 0.160 e. The summed E-state index contributed by atoms with van der Waals surface area (Å²) < 4.78 is 4.99. The summed E-state index contributed by atoms with van der Waals surface area (Å²) in [5, 5.41) is 20.8. The third kappa shape index (κ3) is 13.7. The van der Waals surface area contributed by atoms with Gasteiger partial charge in [-0.1, -0.05) is 434 Å². The molecule has 0 aliphatic heterocycles. The highest BCUT2D eigenvalue weighted by Gasteiger charge is 2.39. The van der Waals surface area contributed by atoms with E-state index in [1.54, 1.807) is 0 Å². The van der Waals surface area contributed by atoms with Gasteiger partial charge in [-0.2, -0.15) is 0 Å². The summed E-state index contributed by atoms with van der Waals surface area (Å²) in [6.07, 6.45) is 0. The molecule has 692 valence electrons. The minimum Gasteiger partial charge on any atom is -0.309 e. The lowest BCUT2D eigenvalue weighted by molar-refractivity contribution is 0.661. The number of benzene rings is 24. The second-order valence-corrected chi connectivity index (χ2v) is 40.9. The van der Waals surface area contributed by atoms with E-state index in [0.717, 1.165) is 106 Å². The van der Waals surface area contributed by atoms with Crippen molar-refractivity contribution >= 4 is 130 Å². The Morgan fingerprint density at radius 2 is 0.493 bits per heavy atom. The van der Waals surface area contributed by atoms with Crippen molar-refractivity contribution in [3.05, 3.63) is 520 Å². The summed E-state index contributed by atoms with van der Waals surface area (Å²) in [5.41, 5.74) is 40.0. The molecular formula is C142H94N6. The van der Waals surface area contributed by atoms with Crippen LogP contribution in [0.3, 0.4) is 0 Å². The summed E-state index contributed by atoms with van der Waals surface area (Å²) in [4.78, 5) is 22.7. The molecule has 0 unspecified atom stereocenters. The molecule has 28 aromatic rings. The van der Waals surface area contributed by atoms with Gasteiger partial charge in [0.2, 0.25) is 0 Å². The fourth-order valence-electron chi connectivity index (χ4n) is 24.7. The first-order chi connectivity index (χ1) is 72.9. The zero-order valence-electron chi connectivity index (χ0n) is 82.0. The normalized spacial score (nSPS) is 12.8. The minimum absolute atomic E-state index is 0.218. The van der Waals surface area contributed by atoms with E-state index >= 15 is 0 Å². The summed E-state index contributed by atoms with van der Waals surface area (Å²) in [5.74, 6) is 0.717. The van der Waals surface area contributed by atoms with Crippen molar-refractivity contribution in [2.45, 2.75) is 38.5 Å². The molecule has 0 atom stereocenters. The van der Waals surface area contributed by atoms with Crippen LogP contribution in [0, 0.1) is 0 Å². The highest BCUT2D eigenvalue weighted by Crippen LogP contribution is 2.56. The van der Waals surface area contributed by atoms with Crippen LogP contribution in [0.2, 0.25) is 0 Å². The minimum atomic E-state index is -0.242. The van der Waals surface area contributed by atoms with Gasteiger partial charge in [0.05, 0.1) is 55.9 Å². The zero-order chi connectivity index (χ0) is 98.1. The second kappa shape index (κ2) is 33.9. The fourth-order valence-corrected chi connectivity index (χ4v) is 24.7. The van der Waals surface area contributed by atoms with Crippen molar-refractivity contribution in [3.63, 3.8) is 0 Å². The molecule has 0 N–H and O–H groups in total. The van der Waals surface area contributed by atoms with Crippen molar-refractivity contribution in [2.24, 2.45) is 0 Å². The molecule has 0 radical (unpaired) electrons. The highest BCUT2D eigenvalue weighted by atomic mass is 15.0. The maximum atomic E-state index is 5.79. The van der Waals surface area contributed by atoms with Gasteiger partial charge in [-0.15, -0.1) is 0 Å².